The molecular weight excluding hydrogens is 494 g/mol. The number of nitrogens with zero attached hydrogens (tertiary/aromatic N) is 1. The summed E-state index contributed by atoms with van der Waals surface area (Å²) in [6, 6.07) is 10.4. The van der Waals surface area contributed by atoms with Crippen LogP contribution in [0.2, 0.25) is 5.02 Å². The molecule has 0 bridgehead atoms. The van der Waals surface area contributed by atoms with Gasteiger partial charge < -0.3 is 20.1 Å². The van der Waals surface area contributed by atoms with E-state index in [2.05, 4.69) is 41.5 Å². The highest BCUT2D eigenvalue weighted by molar-refractivity contribution is 9.10. The molecule has 0 radical (unpaired) electrons. The van der Waals surface area contributed by atoms with Gasteiger partial charge in [-0.2, -0.15) is 4.83 Å². The fourth-order valence-corrected chi connectivity index (χ4v) is 4.19. The Morgan fingerprint density at radius 3 is 2.87 bits per heavy atom. The van der Waals surface area contributed by atoms with E-state index in [1.165, 1.54) is 11.9 Å². The molecule has 1 aliphatic rings. The molecule has 150 valence electrons. The predicted octanol–water partition coefficient (Wildman–Crippen LogP) is 4.29. The highest BCUT2D eigenvalue weighted by Gasteiger charge is 2.17. The van der Waals surface area contributed by atoms with Crippen molar-refractivity contribution in [3.8, 4) is 11.4 Å². The Hall–Kier alpha value is -2.79. The molecule has 8 nitrogen and oxygen atoms in total. The van der Waals surface area contributed by atoms with E-state index in [4.69, 9.17) is 16.0 Å². The quantitative estimate of drug-likeness (QED) is 0.308. The summed E-state index contributed by atoms with van der Waals surface area (Å²) in [7, 11) is 0. The fourth-order valence-electron chi connectivity index (χ4n) is 3.05. The van der Waals surface area contributed by atoms with E-state index >= 15 is 0 Å². The summed E-state index contributed by atoms with van der Waals surface area (Å²) in [6.45, 7) is 0. The van der Waals surface area contributed by atoms with Crippen LogP contribution in [-0.4, -0.2) is 15.9 Å². The molecule has 0 spiro atoms. The standard InChI is InChI=1S/C19H11BrClN5O3S/c20-8-1-4-14-11(5-8)15-16(29-14)19(28)24-17(23-15)10-3-2-9(6-12(10)21)22-18(27)13-7-30-26-25-13/h1-7,25-26H,(H,22,27)(H,23,24,28). The summed E-state index contributed by atoms with van der Waals surface area (Å²) in [4.78, 5) is 34.8. The third-order valence-electron chi connectivity index (χ3n) is 4.43. The van der Waals surface area contributed by atoms with E-state index in [0.29, 0.717) is 38.9 Å². The maximum absolute atomic E-state index is 12.6. The molecule has 4 N–H and O–H groups in total. The summed E-state index contributed by atoms with van der Waals surface area (Å²) >= 11 is 11.1. The van der Waals surface area contributed by atoms with Crippen molar-refractivity contribution in [1.82, 2.24) is 20.2 Å². The zero-order valence-corrected chi connectivity index (χ0v) is 18.0. The summed E-state index contributed by atoms with van der Waals surface area (Å²) < 4.78 is 6.49. The van der Waals surface area contributed by atoms with Crippen LogP contribution in [0, 0.1) is 0 Å². The number of hydrogen-bond donors (Lipinski definition) is 4. The minimum absolute atomic E-state index is 0.149. The van der Waals surface area contributed by atoms with Gasteiger partial charge in [0, 0.05) is 26.5 Å². The lowest BCUT2D eigenvalue weighted by Gasteiger charge is -2.09. The van der Waals surface area contributed by atoms with Crippen LogP contribution in [0.5, 0.6) is 0 Å². The van der Waals surface area contributed by atoms with Gasteiger partial charge in [0.15, 0.2) is 0 Å². The number of nitrogens with one attached hydrogen (secondary N) is 4. The van der Waals surface area contributed by atoms with E-state index in [1.54, 1.807) is 29.7 Å². The van der Waals surface area contributed by atoms with Crippen molar-refractivity contribution in [2.45, 2.75) is 0 Å². The maximum Gasteiger partial charge on any atom is 0.294 e. The molecular formula is C19H11BrClN5O3S. The number of H-pyrrole nitrogens is 1. The molecule has 3 heterocycles. The Balaban J connectivity index is 1.55. The first-order valence-electron chi connectivity index (χ1n) is 8.60. The second kappa shape index (κ2) is 7.47. The van der Waals surface area contributed by atoms with Crippen LogP contribution >= 0.6 is 39.5 Å². The van der Waals surface area contributed by atoms with Crippen LogP contribution in [0.15, 0.2) is 61.2 Å². The van der Waals surface area contributed by atoms with Gasteiger partial charge in [-0.05, 0) is 48.3 Å². The molecule has 0 saturated heterocycles. The average molecular weight is 505 g/mol. The van der Waals surface area contributed by atoms with Gasteiger partial charge in [0.1, 0.15) is 22.6 Å². The zero-order chi connectivity index (χ0) is 20.8. The Morgan fingerprint density at radius 1 is 1.23 bits per heavy atom. The molecule has 2 aromatic heterocycles. The second-order valence-corrected chi connectivity index (χ2v) is 8.36. The topological polar surface area (TPSA) is 112 Å². The number of amides is 1. The molecule has 2 aromatic carbocycles. The molecule has 1 aliphatic heterocycles. The minimum atomic E-state index is -0.403. The van der Waals surface area contributed by atoms with E-state index in [9.17, 15) is 9.59 Å². The van der Waals surface area contributed by atoms with Crippen molar-refractivity contribution in [2.75, 3.05) is 5.32 Å². The summed E-state index contributed by atoms with van der Waals surface area (Å²) in [5.41, 5.74) is 4.92. The molecule has 1 amide bonds. The van der Waals surface area contributed by atoms with Gasteiger partial charge in [-0.15, -0.1) is 0 Å². The molecule has 0 atom stereocenters. The van der Waals surface area contributed by atoms with Crippen molar-refractivity contribution in [1.29, 1.82) is 0 Å². The third kappa shape index (κ3) is 3.37. The van der Waals surface area contributed by atoms with Crippen molar-refractivity contribution in [3.63, 3.8) is 0 Å². The molecule has 5 rings (SSSR count). The highest BCUT2D eigenvalue weighted by Crippen LogP contribution is 2.32. The van der Waals surface area contributed by atoms with Gasteiger partial charge in [-0.3, -0.25) is 9.59 Å². The van der Waals surface area contributed by atoms with Gasteiger partial charge >= 0.3 is 0 Å². The number of furan rings is 1. The number of hydrogen-bond acceptors (Lipinski definition) is 7. The zero-order valence-electron chi connectivity index (χ0n) is 14.9. The number of aromatic nitrogens is 2. The first-order chi connectivity index (χ1) is 14.5. The Morgan fingerprint density at radius 2 is 2.10 bits per heavy atom. The van der Waals surface area contributed by atoms with Crippen LogP contribution in [0.4, 0.5) is 5.69 Å². The van der Waals surface area contributed by atoms with Gasteiger partial charge in [0.25, 0.3) is 11.5 Å². The van der Waals surface area contributed by atoms with Gasteiger partial charge in [0.05, 0.1) is 5.02 Å². The number of carbonyl (C=O) groups excluding carboxylic acids is 1. The Bertz CT molecular complexity index is 1430. The van der Waals surface area contributed by atoms with E-state index in [0.717, 1.165) is 9.86 Å². The lowest BCUT2D eigenvalue weighted by Crippen LogP contribution is -2.27. The second-order valence-electron chi connectivity index (χ2n) is 6.36. The van der Waals surface area contributed by atoms with E-state index in [-0.39, 0.29) is 11.5 Å². The Labute approximate surface area is 186 Å². The number of benzene rings is 2. The molecule has 11 heteroatoms. The van der Waals surface area contributed by atoms with Crippen molar-refractivity contribution in [3.05, 3.63) is 67.4 Å². The van der Waals surface area contributed by atoms with Crippen LogP contribution in [0.1, 0.15) is 0 Å². The smallest absolute Gasteiger partial charge is 0.294 e. The predicted molar refractivity (Wildman–Crippen MR) is 121 cm³/mol. The molecule has 30 heavy (non-hydrogen) atoms. The number of anilines is 1. The molecule has 0 aliphatic carbocycles. The van der Waals surface area contributed by atoms with Gasteiger partial charge in [-0.1, -0.05) is 27.5 Å². The lowest BCUT2D eigenvalue weighted by molar-refractivity contribution is -0.113. The van der Waals surface area contributed by atoms with Crippen molar-refractivity contribution < 1.29 is 9.21 Å². The summed E-state index contributed by atoms with van der Waals surface area (Å²) in [5.74, 6) is -0.00136. The number of rotatable bonds is 3. The Kier molecular flexibility index (Phi) is 4.78. The molecule has 0 fully saturated rings. The van der Waals surface area contributed by atoms with Gasteiger partial charge in [0.2, 0.25) is 5.58 Å². The number of carbonyl (C=O) groups is 1. The highest BCUT2D eigenvalue weighted by atomic mass is 79.9. The fraction of sp³-hybridized carbons (Fsp3) is 0. The SMILES string of the molecule is O=C(Nc1ccc(-c2nc3c(oc4ccc(Br)cc43)c(=O)[nH]2)c(Cl)c1)C1=CSNN1. The normalized spacial score (nSPS) is 13.5. The van der Waals surface area contributed by atoms with Crippen LogP contribution < -0.4 is 21.1 Å². The van der Waals surface area contributed by atoms with E-state index in [1.807, 2.05) is 12.1 Å². The van der Waals surface area contributed by atoms with Gasteiger partial charge in [-0.25, -0.2) is 4.98 Å². The summed E-state index contributed by atoms with van der Waals surface area (Å²) in [6.07, 6.45) is 0. The van der Waals surface area contributed by atoms with Crippen LogP contribution in [-0.2, 0) is 4.79 Å². The minimum Gasteiger partial charge on any atom is -0.449 e. The first kappa shape index (κ1) is 19.2. The third-order valence-corrected chi connectivity index (χ3v) is 5.81. The average Bonchev–Trinajstić information content (AvgIpc) is 3.37. The van der Waals surface area contributed by atoms with Crippen LogP contribution in [0.25, 0.3) is 33.5 Å². The number of halogens is 2. The van der Waals surface area contributed by atoms with E-state index < -0.39 is 5.56 Å². The van der Waals surface area contributed by atoms with Crippen LogP contribution in [0.3, 0.4) is 0 Å². The number of fused-ring (bicyclic) bond motifs is 3. The molecule has 4 aromatic rings. The number of aromatic amines is 1. The lowest BCUT2D eigenvalue weighted by atomic mass is 10.1. The monoisotopic (exact) mass is 503 g/mol. The number of hydrazine groups is 1. The molecule has 0 unspecified atom stereocenters. The summed E-state index contributed by atoms with van der Waals surface area (Å²) in [5, 5.41) is 5.45. The molecule has 0 saturated carbocycles. The van der Waals surface area contributed by atoms with Crippen molar-refractivity contribution in [2.24, 2.45) is 0 Å². The largest absolute Gasteiger partial charge is 0.449 e. The van der Waals surface area contributed by atoms with Crippen molar-refractivity contribution >= 4 is 73.1 Å². The first-order valence-corrected chi connectivity index (χ1v) is 10.6. The maximum atomic E-state index is 12.6.